The molecule has 1 atom stereocenters. The summed E-state index contributed by atoms with van der Waals surface area (Å²) < 4.78 is 7.80. The number of piperidine rings is 1. The van der Waals surface area contributed by atoms with E-state index in [1.54, 1.807) is 12.1 Å². The third-order valence-electron chi connectivity index (χ3n) is 4.84. The summed E-state index contributed by atoms with van der Waals surface area (Å²) in [5.74, 6) is 0.513. The van der Waals surface area contributed by atoms with Gasteiger partial charge in [0.2, 0.25) is 6.41 Å². The lowest BCUT2D eigenvalue weighted by Gasteiger charge is -2.37. The molecule has 26 heavy (non-hydrogen) atoms. The van der Waals surface area contributed by atoms with Crippen LogP contribution in [0.25, 0.3) is 10.9 Å². The zero-order chi connectivity index (χ0) is 18.9. The predicted molar refractivity (Wildman–Crippen MR) is 99.7 cm³/mol. The molecule has 1 aliphatic heterocycles. The number of ether oxygens (including phenoxy) is 1. The second-order valence-corrected chi connectivity index (χ2v) is 8.00. The molecular weight excluding hydrogens is 334 g/mol. The maximum Gasteiger partial charge on any atom is 0.270 e. The van der Waals surface area contributed by atoms with Crippen LogP contribution in [-0.4, -0.2) is 44.6 Å². The van der Waals surface area contributed by atoms with Crippen molar-refractivity contribution in [2.75, 3.05) is 13.1 Å². The van der Waals surface area contributed by atoms with E-state index < -0.39 is 6.41 Å². The lowest BCUT2D eigenvalue weighted by atomic mass is 9.97. The number of aliphatic hydroxyl groups excluding tert-OH is 1. The van der Waals surface area contributed by atoms with Crippen molar-refractivity contribution >= 4 is 16.6 Å². The van der Waals surface area contributed by atoms with Gasteiger partial charge in [-0.1, -0.05) is 0 Å². The van der Waals surface area contributed by atoms with Gasteiger partial charge in [0.25, 0.3) is 5.69 Å². The molecule has 0 radical (unpaired) electrons. The van der Waals surface area contributed by atoms with Crippen LogP contribution >= 0.6 is 0 Å². The Morgan fingerprint density at radius 3 is 2.62 bits per heavy atom. The van der Waals surface area contributed by atoms with E-state index in [-0.39, 0.29) is 16.2 Å². The van der Waals surface area contributed by atoms with Gasteiger partial charge in [-0.2, -0.15) is 0 Å². The number of nitro groups is 1. The van der Waals surface area contributed by atoms with Gasteiger partial charge in [0.1, 0.15) is 0 Å². The number of hydrogen-bond donors (Lipinski definition) is 1. The molecule has 1 aromatic carbocycles. The van der Waals surface area contributed by atoms with Crippen LogP contribution < -0.4 is 0 Å². The molecule has 1 N–H and O–H groups in total. The molecule has 1 saturated heterocycles. The molecule has 0 amide bonds. The Morgan fingerprint density at radius 2 is 2.00 bits per heavy atom. The van der Waals surface area contributed by atoms with Crippen molar-refractivity contribution in [1.29, 1.82) is 0 Å². The third-order valence-corrected chi connectivity index (χ3v) is 4.84. The fourth-order valence-corrected chi connectivity index (χ4v) is 3.49. The number of hydrogen-bond acceptors (Lipinski definition) is 5. The van der Waals surface area contributed by atoms with Crippen LogP contribution in [0.1, 0.15) is 33.6 Å². The number of benzene rings is 1. The summed E-state index contributed by atoms with van der Waals surface area (Å²) in [6, 6.07) is 6.93. The minimum atomic E-state index is -0.857. The van der Waals surface area contributed by atoms with Gasteiger partial charge in [-0.25, -0.2) is 0 Å². The van der Waals surface area contributed by atoms with Crippen molar-refractivity contribution in [3.05, 3.63) is 40.6 Å². The summed E-state index contributed by atoms with van der Waals surface area (Å²) in [7, 11) is 0. The van der Waals surface area contributed by atoms with E-state index >= 15 is 0 Å². The first-order valence-corrected chi connectivity index (χ1v) is 9.06. The zero-order valence-electron chi connectivity index (χ0n) is 15.6. The standard InChI is InChI=1S/C19H27N3O4/c1-19(2,3)26-18(23)20-9-6-14(7-10-20)13-21-11-8-15-12-16(22(24)25)4-5-17(15)21/h4-5,8,11-12,14,18,23H,6-7,9-10,13H2,1-3H3. The van der Waals surface area contributed by atoms with Crippen molar-refractivity contribution in [2.24, 2.45) is 5.92 Å². The average molecular weight is 361 g/mol. The number of non-ortho nitro benzene ring substituents is 1. The van der Waals surface area contributed by atoms with Crippen molar-refractivity contribution in [3.63, 3.8) is 0 Å². The van der Waals surface area contributed by atoms with Crippen molar-refractivity contribution < 1.29 is 14.8 Å². The SMILES string of the molecule is CC(C)(C)OC(O)N1CCC(Cn2ccc3cc([N+](=O)[O-])ccc32)CC1. The Kier molecular flexibility index (Phi) is 5.32. The molecule has 0 saturated carbocycles. The van der Waals surface area contributed by atoms with Crippen LogP contribution in [0, 0.1) is 16.0 Å². The Bertz CT molecular complexity index is 773. The van der Waals surface area contributed by atoms with Gasteiger partial charge in [0, 0.05) is 48.9 Å². The molecule has 0 spiro atoms. The first kappa shape index (κ1) is 18.8. The molecule has 1 fully saturated rings. The molecule has 7 nitrogen and oxygen atoms in total. The quantitative estimate of drug-likeness (QED) is 0.502. The Balaban J connectivity index is 1.60. The summed E-state index contributed by atoms with van der Waals surface area (Å²) >= 11 is 0. The first-order valence-electron chi connectivity index (χ1n) is 9.06. The van der Waals surface area contributed by atoms with Gasteiger partial charge < -0.3 is 14.4 Å². The fraction of sp³-hybridized carbons (Fsp3) is 0.579. The van der Waals surface area contributed by atoms with E-state index in [1.165, 1.54) is 0 Å². The highest BCUT2D eigenvalue weighted by Crippen LogP contribution is 2.26. The Morgan fingerprint density at radius 1 is 1.31 bits per heavy atom. The van der Waals surface area contributed by atoms with Crippen LogP contribution in [-0.2, 0) is 11.3 Å². The minimum Gasteiger partial charge on any atom is -0.356 e. The average Bonchev–Trinajstić information content (AvgIpc) is 2.96. The van der Waals surface area contributed by atoms with E-state index in [2.05, 4.69) is 4.57 Å². The fourth-order valence-electron chi connectivity index (χ4n) is 3.49. The third kappa shape index (κ3) is 4.41. The highest BCUT2D eigenvalue weighted by atomic mass is 16.6. The molecule has 1 aliphatic rings. The molecule has 0 aliphatic carbocycles. The molecule has 7 heteroatoms. The highest BCUT2D eigenvalue weighted by molar-refractivity contribution is 5.82. The highest BCUT2D eigenvalue weighted by Gasteiger charge is 2.27. The van der Waals surface area contributed by atoms with E-state index in [4.69, 9.17) is 4.74 Å². The molecule has 2 heterocycles. The summed E-state index contributed by atoms with van der Waals surface area (Å²) in [5.41, 5.74) is 0.772. The lowest BCUT2D eigenvalue weighted by molar-refractivity contribution is -0.384. The smallest absolute Gasteiger partial charge is 0.270 e. The summed E-state index contributed by atoms with van der Waals surface area (Å²) in [5, 5.41) is 22.0. The molecule has 0 bridgehead atoms. The van der Waals surface area contributed by atoms with Crippen molar-refractivity contribution in [1.82, 2.24) is 9.47 Å². The summed E-state index contributed by atoms with van der Waals surface area (Å²) in [4.78, 5) is 12.5. The maximum atomic E-state index is 10.9. The van der Waals surface area contributed by atoms with Gasteiger partial charge in [-0.3, -0.25) is 15.0 Å². The molecule has 142 valence electrons. The van der Waals surface area contributed by atoms with E-state index in [0.29, 0.717) is 5.92 Å². The number of aromatic nitrogens is 1. The largest absolute Gasteiger partial charge is 0.356 e. The van der Waals surface area contributed by atoms with Crippen molar-refractivity contribution in [3.8, 4) is 0 Å². The van der Waals surface area contributed by atoms with Gasteiger partial charge >= 0.3 is 0 Å². The zero-order valence-corrected chi connectivity index (χ0v) is 15.6. The number of aliphatic hydroxyl groups is 1. The number of fused-ring (bicyclic) bond motifs is 1. The Hall–Kier alpha value is -1.96. The van der Waals surface area contributed by atoms with Gasteiger partial charge in [0.15, 0.2) is 0 Å². The summed E-state index contributed by atoms with van der Waals surface area (Å²) in [6.45, 7) is 8.28. The van der Waals surface area contributed by atoms with Crippen LogP contribution in [0.5, 0.6) is 0 Å². The number of rotatable bonds is 5. The van der Waals surface area contributed by atoms with Crippen LogP contribution in [0.4, 0.5) is 5.69 Å². The maximum absolute atomic E-state index is 10.9. The van der Waals surface area contributed by atoms with Crippen LogP contribution in [0.3, 0.4) is 0 Å². The number of nitrogens with zero attached hydrogens (tertiary/aromatic N) is 3. The summed E-state index contributed by atoms with van der Waals surface area (Å²) in [6.07, 6.45) is 3.11. The van der Waals surface area contributed by atoms with E-state index in [1.807, 2.05) is 44.0 Å². The van der Waals surface area contributed by atoms with Gasteiger partial charge in [0.05, 0.1) is 10.5 Å². The van der Waals surface area contributed by atoms with E-state index in [9.17, 15) is 15.2 Å². The van der Waals surface area contributed by atoms with Crippen LogP contribution in [0.2, 0.25) is 0 Å². The molecule has 3 rings (SSSR count). The number of nitro benzene ring substituents is 1. The molecule has 1 aromatic heterocycles. The first-order chi connectivity index (χ1) is 12.2. The van der Waals surface area contributed by atoms with Crippen molar-refractivity contribution in [2.45, 2.75) is 52.2 Å². The topological polar surface area (TPSA) is 80.8 Å². The Labute approximate surface area is 153 Å². The minimum absolute atomic E-state index is 0.122. The lowest BCUT2D eigenvalue weighted by Crippen LogP contribution is -2.46. The normalized spacial score (nSPS) is 18.3. The second kappa shape index (κ2) is 7.34. The number of likely N-dealkylation sites (tertiary alicyclic amines) is 1. The van der Waals surface area contributed by atoms with Gasteiger partial charge in [-0.05, 0) is 51.7 Å². The van der Waals surface area contributed by atoms with E-state index in [0.717, 1.165) is 43.4 Å². The predicted octanol–water partition coefficient (Wildman–Crippen LogP) is 3.35. The van der Waals surface area contributed by atoms with Gasteiger partial charge in [-0.15, -0.1) is 0 Å². The molecule has 2 aromatic rings. The van der Waals surface area contributed by atoms with Crippen LogP contribution in [0.15, 0.2) is 30.5 Å². The second-order valence-electron chi connectivity index (χ2n) is 8.00. The molecule has 1 unspecified atom stereocenters. The molecular formula is C19H27N3O4. The monoisotopic (exact) mass is 361 g/mol.